The van der Waals surface area contributed by atoms with Crippen molar-refractivity contribution in [2.75, 3.05) is 12.4 Å². The number of methoxy groups -OCH3 is 1. The summed E-state index contributed by atoms with van der Waals surface area (Å²) in [5.74, 6) is -0.448. The van der Waals surface area contributed by atoms with Gasteiger partial charge in [-0.1, -0.05) is 23.2 Å². The molecule has 0 saturated carbocycles. The number of ether oxygens (including phenoxy) is 2. The number of esters is 1. The molecule has 1 atom stereocenters. The van der Waals surface area contributed by atoms with E-state index in [1.54, 1.807) is 25.1 Å². The van der Waals surface area contributed by atoms with Crippen LogP contribution in [0.3, 0.4) is 0 Å². The monoisotopic (exact) mass is 413 g/mol. The molecule has 8 heteroatoms. The number of fused-ring (bicyclic) bond motifs is 1. The van der Waals surface area contributed by atoms with Gasteiger partial charge < -0.3 is 14.8 Å². The summed E-state index contributed by atoms with van der Waals surface area (Å²) in [6, 6.07) is 4.78. The molecule has 5 nitrogen and oxygen atoms in total. The number of amides is 1. The van der Waals surface area contributed by atoms with E-state index < -0.39 is 12.1 Å². The molecule has 0 spiro atoms. The minimum Gasteiger partial charge on any atom is -0.479 e. The second-order valence-electron chi connectivity index (χ2n) is 5.88. The van der Waals surface area contributed by atoms with Crippen molar-refractivity contribution in [3.8, 4) is 5.75 Å². The molecule has 1 aromatic carbocycles. The molecule has 1 N–H and O–H groups in total. The topological polar surface area (TPSA) is 64.6 Å². The zero-order chi connectivity index (χ0) is 18.8. The molecule has 1 amide bonds. The van der Waals surface area contributed by atoms with E-state index in [1.165, 1.54) is 18.4 Å². The van der Waals surface area contributed by atoms with Crippen LogP contribution in [-0.4, -0.2) is 25.1 Å². The summed E-state index contributed by atoms with van der Waals surface area (Å²) in [5, 5.41) is 4.10. The number of nitrogens with one attached hydrogen (secondary N) is 1. The first kappa shape index (κ1) is 19.0. The highest BCUT2D eigenvalue weighted by molar-refractivity contribution is 7.17. The SMILES string of the molecule is COC(=O)c1c(NC(=O)C(C)Oc2ccc(Cl)cc2Cl)sc2c1CCC2. The number of hydrogen-bond donors (Lipinski definition) is 1. The third kappa shape index (κ3) is 3.82. The van der Waals surface area contributed by atoms with Crippen LogP contribution in [0.25, 0.3) is 0 Å². The Labute approximate surface area is 165 Å². The van der Waals surface area contributed by atoms with Crippen LogP contribution in [0.4, 0.5) is 5.00 Å². The van der Waals surface area contributed by atoms with Crippen LogP contribution in [-0.2, 0) is 22.4 Å². The molecule has 2 aromatic rings. The van der Waals surface area contributed by atoms with Gasteiger partial charge in [-0.2, -0.15) is 0 Å². The van der Waals surface area contributed by atoms with Gasteiger partial charge in [0.2, 0.25) is 0 Å². The van der Waals surface area contributed by atoms with Crippen molar-refractivity contribution in [2.45, 2.75) is 32.3 Å². The first-order chi connectivity index (χ1) is 12.4. The number of halogens is 2. The minimum atomic E-state index is -0.809. The molecule has 0 radical (unpaired) electrons. The maximum Gasteiger partial charge on any atom is 0.341 e. The van der Waals surface area contributed by atoms with Crippen molar-refractivity contribution >= 4 is 51.4 Å². The summed E-state index contributed by atoms with van der Waals surface area (Å²) < 4.78 is 10.5. The van der Waals surface area contributed by atoms with Gasteiger partial charge in [0, 0.05) is 9.90 Å². The number of aryl methyl sites for hydroxylation is 1. The van der Waals surface area contributed by atoms with Crippen LogP contribution in [0.5, 0.6) is 5.75 Å². The quantitative estimate of drug-likeness (QED) is 0.719. The molecular weight excluding hydrogens is 397 g/mol. The summed E-state index contributed by atoms with van der Waals surface area (Å²) in [4.78, 5) is 25.8. The highest BCUT2D eigenvalue weighted by Gasteiger charge is 2.29. The number of rotatable bonds is 5. The van der Waals surface area contributed by atoms with Gasteiger partial charge in [0.05, 0.1) is 17.7 Å². The summed E-state index contributed by atoms with van der Waals surface area (Å²) in [7, 11) is 1.33. The van der Waals surface area contributed by atoms with Gasteiger partial charge >= 0.3 is 5.97 Å². The Morgan fingerprint density at radius 2 is 2.04 bits per heavy atom. The minimum absolute atomic E-state index is 0.322. The van der Waals surface area contributed by atoms with E-state index in [4.69, 9.17) is 32.7 Å². The summed E-state index contributed by atoms with van der Waals surface area (Å²) >= 11 is 13.4. The number of benzene rings is 1. The third-order valence-corrected chi connectivity index (χ3v) is 5.85. The lowest BCUT2D eigenvalue weighted by atomic mass is 10.1. The molecule has 0 aliphatic heterocycles. The van der Waals surface area contributed by atoms with Crippen LogP contribution in [0.15, 0.2) is 18.2 Å². The molecule has 1 aliphatic rings. The van der Waals surface area contributed by atoms with E-state index in [-0.39, 0.29) is 5.91 Å². The van der Waals surface area contributed by atoms with Crippen LogP contribution < -0.4 is 10.1 Å². The number of carbonyl (C=O) groups excluding carboxylic acids is 2. The summed E-state index contributed by atoms with van der Waals surface area (Å²) in [6.45, 7) is 1.61. The predicted molar refractivity (Wildman–Crippen MR) is 103 cm³/mol. The van der Waals surface area contributed by atoms with Gasteiger partial charge in [0.15, 0.2) is 6.10 Å². The Hall–Kier alpha value is -1.76. The lowest BCUT2D eigenvalue weighted by Gasteiger charge is -2.16. The maximum atomic E-state index is 12.5. The Morgan fingerprint density at radius 3 is 2.73 bits per heavy atom. The number of hydrogen-bond acceptors (Lipinski definition) is 5. The lowest BCUT2D eigenvalue weighted by Crippen LogP contribution is -2.30. The standard InChI is InChI=1S/C18H17Cl2NO4S/c1-9(25-13-7-6-10(19)8-12(13)20)16(22)21-17-15(18(23)24-2)11-4-3-5-14(11)26-17/h6-9H,3-5H2,1-2H3,(H,21,22). The summed E-state index contributed by atoms with van der Waals surface area (Å²) in [6.07, 6.45) is 1.93. The molecular formula is C18H17Cl2NO4S. The first-order valence-corrected chi connectivity index (χ1v) is 9.63. The fraction of sp³-hybridized carbons (Fsp3) is 0.333. The van der Waals surface area contributed by atoms with Crippen molar-refractivity contribution < 1.29 is 19.1 Å². The second kappa shape index (κ2) is 7.86. The zero-order valence-corrected chi connectivity index (χ0v) is 16.6. The molecule has 138 valence electrons. The molecule has 26 heavy (non-hydrogen) atoms. The number of thiophene rings is 1. The Kier molecular flexibility index (Phi) is 5.75. The fourth-order valence-corrected chi connectivity index (χ4v) is 4.57. The second-order valence-corrected chi connectivity index (χ2v) is 7.83. The predicted octanol–water partition coefficient (Wildman–Crippen LogP) is 4.74. The van der Waals surface area contributed by atoms with Crippen molar-refractivity contribution in [1.29, 1.82) is 0 Å². The zero-order valence-electron chi connectivity index (χ0n) is 14.2. The number of carbonyl (C=O) groups is 2. The first-order valence-electron chi connectivity index (χ1n) is 8.06. The highest BCUT2D eigenvalue weighted by Crippen LogP contribution is 2.39. The van der Waals surface area contributed by atoms with Crippen LogP contribution in [0.2, 0.25) is 10.0 Å². The van der Waals surface area contributed by atoms with Crippen LogP contribution in [0, 0.1) is 0 Å². The van der Waals surface area contributed by atoms with Crippen LogP contribution >= 0.6 is 34.5 Å². The van der Waals surface area contributed by atoms with Crippen molar-refractivity contribution in [2.24, 2.45) is 0 Å². The largest absolute Gasteiger partial charge is 0.479 e. The average molecular weight is 414 g/mol. The van der Waals surface area contributed by atoms with Gasteiger partial charge in [0.1, 0.15) is 10.8 Å². The lowest BCUT2D eigenvalue weighted by molar-refractivity contribution is -0.122. The molecule has 0 fully saturated rings. The van der Waals surface area contributed by atoms with Crippen molar-refractivity contribution in [1.82, 2.24) is 0 Å². The maximum absolute atomic E-state index is 12.5. The van der Waals surface area contributed by atoms with E-state index in [0.717, 1.165) is 29.7 Å². The van der Waals surface area contributed by atoms with E-state index in [0.29, 0.717) is 26.4 Å². The van der Waals surface area contributed by atoms with E-state index in [1.807, 2.05) is 0 Å². The van der Waals surface area contributed by atoms with Crippen molar-refractivity contribution in [3.63, 3.8) is 0 Å². The Bertz CT molecular complexity index is 865. The molecule has 1 aliphatic carbocycles. The van der Waals surface area contributed by atoms with E-state index in [2.05, 4.69) is 5.32 Å². The molecule has 0 bridgehead atoms. The van der Waals surface area contributed by atoms with E-state index in [9.17, 15) is 9.59 Å². The van der Waals surface area contributed by atoms with Gasteiger partial charge in [-0.3, -0.25) is 4.79 Å². The Balaban J connectivity index is 1.76. The fourth-order valence-electron chi connectivity index (χ4n) is 2.84. The highest BCUT2D eigenvalue weighted by atomic mass is 35.5. The average Bonchev–Trinajstić information content (AvgIpc) is 3.17. The molecule has 1 heterocycles. The number of anilines is 1. The Morgan fingerprint density at radius 1 is 1.27 bits per heavy atom. The molecule has 3 rings (SSSR count). The smallest absolute Gasteiger partial charge is 0.341 e. The molecule has 1 unspecified atom stereocenters. The normalized spacial score (nSPS) is 13.8. The van der Waals surface area contributed by atoms with E-state index >= 15 is 0 Å². The molecule has 1 aromatic heterocycles. The summed E-state index contributed by atoms with van der Waals surface area (Å²) in [5.41, 5.74) is 1.43. The van der Waals surface area contributed by atoms with Gasteiger partial charge in [-0.25, -0.2) is 4.79 Å². The van der Waals surface area contributed by atoms with Gasteiger partial charge in [0.25, 0.3) is 5.91 Å². The van der Waals surface area contributed by atoms with Crippen LogP contribution in [0.1, 0.15) is 34.1 Å². The van der Waals surface area contributed by atoms with Gasteiger partial charge in [-0.05, 0) is 49.9 Å². The van der Waals surface area contributed by atoms with Crippen molar-refractivity contribution in [3.05, 3.63) is 44.2 Å². The van der Waals surface area contributed by atoms with Gasteiger partial charge in [-0.15, -0.1) is 11.3 Å². The molecule has 0 saturated heterocycles. The third-order valence-electron chi connectivity index (χ3n) is 4.11.